The standard InChI is InChI=1S/C13H20N2O4S/c1-4-19-13(16)11-7-14-15(12(11)9(2)3)10-5-6-20(17,18)8-10/h7,9-10H,4-6,8H2,1-3H3. The first-order chi connectivity index (χ1) is 9.35. The number of carbonyl (C=O) groups excluding carboxylic acids is 1. The second-order valence-electron chi connectivity index (χ2n) is 5.32. The molecule has 1 aromatic rings. The van der Waals surface area contributed by atoms with Gasteiger partial charge < -0.3 is 4.74 Å². The molecule has 2 rings (SSSR count). The normalized spacial score (nSPS) is 21.3. The van der Waals surface area contributed by atoms with Gasteiger partial charge in [-0.15, -0.1) is 0 Å². The van der Waals surface area contributed by atoms with E-state index in [-0.39, 0.29) is 23.5 Å². The molecule has 1 fully saturated rings. The van der Waals surface area contributed by atoms with Crippen molar-refractivity contribution in [1.82, 2.24) is 9.78 Å². The maximum absolute atomic E-state index is 11.9. The van der Waals surface area contributed by atoms with Gasteiger partial charge in [-0.25, -0.2) is 13.2 Å². The molecule has 0 saturated carbocycles. The molecule has 6 nitrogen and oxygen atoms in total. The zero-order chi connectivity index (χ0) is 14.9. The quantitative estimate of drug-likeness (QED) is 0.788. The summed E-state index contributed by atoms with van der Waals surface area (Å²) in [7, 11) is -2.98. The van der Waals surface area contributed by atoms with Crippen LogP contribution < -0.4 is 0 Å². The van der Waals surface area contributed by atoms with Crippen LogP contribution >= 0.6 is 0 Å². The number of hydrogen-bond donors (Lipinski definition) is 0. The van der Waals surface area contributed by atoms with Crippen molar-refractivity contribution in [2.75, 3.05) is 18.1 Å². The van der Waals surface area contributed by atoms with Crippen molar-refractivity contribution >= 4 is 15.8 Å². The summed E-state index contributed by atoms with van der Waals surface area (Å²) in [4.78, 5) is 11.9. The Labute approximate surface area is 119 Å². The predicted octanol–water partition coefficient (Wildman–Crippen LogP) is 1.54. The molecule has 0 spiro atoms. The van der Waals surface area contributed by atoms with Crippen LogP contribution in [-0.4, -0.2) is 42.3 Å². The second kappa shape index (κ2) is 5.55. The number of esters is 1. The van der Waals surface area contributed by atoms with Crippen LogP contribution in [0.1, 0.15) is 55.2 Å². The summed E-state index contributed by atoms with van der Waals surface area (Å²) < 4.78 is 29.9. The minimum absolute atomic E-state index is 0.0696. The summed E-state index contributed by atoms with van der Waals surface area (Å²) in [5.74, 6) is -0.0518. The molecule has 1 aliphatic rings. The minimum Gasteiger partial charge on any atom is -0.462 e. The van der Waals surface area contributed by atoms with Crippen LogP contribution in [0.15, 0.2) is 6.20 Å². The Balaban J connectivity index is 2.37. The zero-order valence-corrected chi connectivity index (χ0v) is 12.8. The highest BCUT2D eigenvalue weighted by Gasteiger charge is 2.33. The van der Waals surface area contributed by atoms with Crippen LogP contribution in [0.5, 0.6) is 0 Å². The van der Waals surface area contributed by atoms with Crippen molar-refractivity contribution in [3.05, 3.63) is 17.5 Å². The number of carbonyl (C=O) groups is 1. The fraction of sp³-hybridized carbons (Fsp3) is 0.692. The van der Waals surface area contributed by atoms with Crippen LogP contribution in [0.4, 0.5) is 0 Å². The number of rotatable bonds is 4. The molecule has 0 aliphatic carbocycles. The lowest BCUT2D eigenvalue weighted by atomic mass is 10.1. The monoisotopic (exact) mass is 300 g/mol. The highest BCUT2D eigenvalue weighted by Crippen LogP contribution is 2.29. The van der Waals surface area contributed by atoms with E-state index in [9.17, 15) is 13.2 Å². The fourth-order valence-corrected chi connectivity index (χ4v) is 4.26. The minimum atomic E-state index is -2.98. The van der Waals surface area contributed by atoms with Crippen molar-refractivity contribution in [3.8, 4) is 0 Å². The van der Waals surface area contributed by atoms with Crippen molar-refractivity contribution in [2.24, 2.45) is 0 Å². The average molecular weight is 300 g/mol. The summed E-state index contributed by atoms with van der Waals surface area (Å²) >= 11 is 0. The van der Waals surface area contributed by atoms with E-state index < -0.39 is 15.8 Å². The van der Waals surface area contributed by atoms with E-state index in [1.165, 1.54) is 6.20 Å². The lowest BCUT2D eigenvalue weighted by Gasteiger charge is -2.16. The molecule has 20 heavy (non-hydrogen) atoms. The molecule has 0 amide bonds. The van der Waals surface area contributed by atoms with Crippen LogP contribution in [-0.2, 0) is 14.6 Å². The van der Waals surface area contributed by atoms with Gasteiger partial charge in [-0.05, 0) is 19.3 Å². The summed E-state index contributed by atoms with van der Waals surface area (Å²) in [6.45, 7) is 5.97. The van der Waals surface area contributed by atoms with E-state index in [4.69, 9.17) is 4.74 Å². The van der Waals surface area contributed by atoms with Gasteiger partial charge in [0.1, 0.15) is 5.56 Å². The van der Waals surface area contributed by atoms with Gasteiger partial charge in [0.25, 0.3) is 0 Å². The van der Waals surface area contributed by atoms with E-state index >= 15 is 0 Å². The van der Waals surface area contributed by atoms with E-state index in [2.05, 4.69) is 5.10 Å². The van der Waals surface area contributed by atoms with Crippen molar-refractivity contribution in [2.45, 2.75) is 39.2 Å². The largest absolute Gasteiger partial charge is 0.462 e. The number of nitrogens with zero attached hydrogens (tertiary/aromatic N) is 2. The molecule has 112 valence electrons. The number of sulfone groups is 1. The van der Waals surface area contributed by atoms with E-state index in [1.54, 1.807) is 11.6 Å². The van der Waals surface area contributed by atoms with Gasteiger partial charge in [-0.1, -0.05) is 13.8 Å². The summed E-state index contributed by atoms with van der Waals surface area (Å²) in [6, 6.07) is -0.180. The lowest BCUT2D eigenvalue weighted by molar-refractivity contribution is 0.0524. The molecule has 1 aliphatic heterocycles. The van der Waals surface area contributed by atoms with Gasteiger partial charge >= 0.3 is 5.97 Å². The highest BCUT2D eigenvalue weighted by atomic mass is 32.2. The molecule has 1 atom stereocenters. The fourth-order valence-electron chi connectivity index (χ4n) is 2.57. The van der Waals surface area contributed by atoms with Crippen LogP contribution in [0.25, 0.3) is 0 Å². The van der Waals surface area contributed by atoms with Crippen LogP contribution in [0, 0.1) is 0 Å². The van der Waals surface area contributed by atoms with E-state index in [0.717, 1.165) is 5.69 Å². The molecule has 0 bridgehead atoms. The Bertz CT molecular complexity index is 604. The molecule has 7 heteroatoms. The molecule has 0 aromatic carbocycles. The summed E-state index contributed by atoms with van der Waals surface area (Å²) in [6.07, 6.45) is 2.03. The maximum Gasteiger partial charge on any atom is 0.341 e. The van der Waals surface area contributed by atoms with Crippen LogP contribution in [0.2, 0.25) is 0 Å². The molecule has 1 aromatic heterocycles. The Kier molecular flexibility index (Phi) is 4.17. The molecule has 1 saturated heterocycles. The van der Waals surface area contributed by atoms with Gasteiger partial charge in [0.15, 0.2) is 9.84 Å². The molecule has 0 radical (unpaired) electrons. The van der Waals surface area contributed by atoms with E-state index in [1.807, 2.05) is 13.8 Å². The smallest absolute Gasteiger partial charge is 0.341 e. The Hall–Kier alpha value is -1.37. The molecular weight excluding hydrogens is 280 g/mol. The van der Waals surface area contributed by atoms with E-state index in [0.29, 0.717) is 18.6 Å². The highest BCUT2D eigenvalue weighted by molar-refractivity contribution is 7.91. The topological polar surface area (TPSA) is 78.3 Å². The first kappa shape index (κ1) is 15.0. The third-order valence-electron chi connectivity index (χ3n) is 3.43. The van der Waals surface area contributed by atoms with Crippen LogP contribution in [0.3, 0.4) is 0 Å². The molecule has 1 unspecified atom stereocenters. The van der Waals surface area contributed by atoms with Crippen molar-refractivity contribution < 1.29 is 17.9 Å². The van der Waals surface area contributed by atoms with Crippen molar-refractivity contribution in [3.63, 3.8) is 0 Å². The molecule has 0 N–H and O–H groups in total. The predicted molar refractivity (Wildman–Crippen MR) is 74.6 cm³/mol. The average Bonchev–Trinajstić information content (AvgIpc) is 2.92. The first-order valence-electron chi connectivity index (χ1n) is 6.80. The first-order valence-corrected chi connectivity index (χ1v) is 8.62. The number of hydrogen-bond acceptors (Lipinski definition) is 5. The third-order valence-corrected chi connectivity index (χ3v) is 5.18. The van der Waals surface area contributed by atoms with Gasteiger partial charge in [0.05, 0.1) is 36.0 Å². The molecule has 2 heterocycles. The Morgan fingerprint density at radius 1 is 1.55 bits per heavy atom. The summed E-state index contributed by atoms with van der Waals surface area (Å²) in [5.41, 5.74) is 1.19. The van der Waals surface area contributed by atoms with Gasteiger partial charge in [0.2, 0.25) is 0 Å². The van der Waals surface area contributed by atoms with Gasteiger partial charge in [-0.3, -0.25) is 4.68 Å². The second-order valence-corrected chi connectivity index (χ2v) is 7.55. The summed E-state index contributed by atoms with van der Waals surface area (Å²) in [5, 5.41) is 4.24. The van der Waals surface area contributed by atoms with Gasteiger partial charge in [0, 0.05) is 0 Å². The van der Waals surface area contributed by atoms with Crippen molar-refractivity contribution in [1.29, 1.82) is 0 Å². The maximum atomic E-state index is 11.9. The third kappa shape index (κ3) is 2.87. The van der Waals surface area contributed by atoms with Gasteiger partial charge in [-0.2, -0.15) is 5.10 Å². The Morgan fingerprint density at radius 2 is 2.25 bits per heavy atom. The number of aromatic nitrogens is 2. The Morgan fingerprint density at radius 3 is 2.75 bits per heavy atom. The molecular formula is C13H20N2O4S. The SMILES string of the molecule is CCOC(=O)c1cnn(C2CCS(=O)(=O)C2)c1C(C)C. The zero-order valence-electron chi connectivity index (χ0n) is 12.0. The lowest BCUT2D eigenvalue weighted by Crippen LogP contribution is -2.17. The number of ether oxygens (including phenoxy) is 1.